The molecule has 2 aliphatic rings. The van der Waals surface area contributed by atoms with Crippen molar-refractivity contribution in [3.05, 3.63) is 34.1 Å². The van der Waals surface area contributed by atoms with Crippen molar-refractivity contribution in [2.45, 2.75) is 26.4 Å². The maximum atomic E-state index is 11.9. The van der Waals surface area contributed by atoms with Gasteiger partial charge in [0.2, 0.25) is 0 Å². The van der Waals surface area contributed by atoms with Crippen LogP contribution in [0.25, 0.3) is 0 Å². The Labute approximate surface area is 107 Å². The first-order valence-electron chi connectivity index (χ1n) is 6.02. The Morgan fingerprint density at radius 1 is 1.50 bits per heavy atom. The van der Waals surface area contributed by atoms with Crippen molar-refractivity contribution in [3.63, 3.8) is 0 Å². The number of carbonyl (C=O) groups is 1. The quantitative estimate of drug-likeness (QED) is 0.720. The largest absolute Gasteiger partial charge is 0.498 e. The molecule has 4 nitrogen and oxygen atoms in total. The molecule has 1 unspecified atom stereocenters. The fourth-order valence-corrected chi connectivity index (χ4v) is 2.36. The van der Waals surface area contributed by atoms with Crippen molar-refractivity contribution < 1.29 is 19.0 Å². The predicted molar refractivity (Wildman–Crippen MR) is 66.9 cm³/mol. The van der Waals surface area contributed by atoms with E-state index in [0.717, 1.165) is 28.9 Å². The summed E-state index contributed by atoms with van der Waals surface area (Å²) < 4.78 is 16.0. The summed E-state index contributed by atoms with van der Waals surface area (Å²) in [7, 11) is 3.23. The monoisotopic (exact) mass is 250 g/mol. The highest BCUT2D eigenvalue weighted by Crippen LogP contribution is 2.38. The minimum absolute atomic E-state index is 0.263. The van der Waals surface area contributed by atoms with Crippen LogP contribution in [0.3, 0.4) is 0 Å². The summed E-state index contributed by atoms with van der Waals surface area (Å²) in [5, 5.41) is 0. The summed E-state index contributed by atoms with van der Waals surface area (Å²) in [4.78, 5) is 11.9. The van der Waals surface area contributed by atoms with E-state index in [1.165, 1.54) is 0 Å². The van der Waals surface area contributed by atoms with Crippen LogP contribution < -0.4 is 0 Å². The Bertz CT molecular complexity index is 468. The first-order valence-corrected chi connectivity index (χ1v) is 6.02. The van der Waals surface area contributed by atoms with Crippen LogP contribution in [0.5, 0.6) is 0 Å². The standard InChI is InChI=1S/C14H18O4/c1-5-8(2)11-12-9(7-18-14(12)15)6-10(16-3)13(11)17-4/h6,13H,5,7H2,1-4H3/b11-8-. The maximum absolute atomic E-state index is 11.9. The molecular weight excluding hydrogens is 232 g/mol. The van der Waals surface area contributed by atoms with Gasteiger partial charge in [0.05, 0.1) is 12.7 Å². The zero-order valence-corrected chi connectivity index (χ0v) is 11.2. The molecule has 0 radical (unpaired) electrons. The molecule has 0 saturated heterocycles. The zero-order valence-electron chi connectivity index (χ0n) is 11.2. The topological polar surface area (TPSA) is 44.8 Å². The number of ether oxygens (including phenoxy) is 3. The fraction of sp³-hybridized carbons (Fsp3) is 0.500. The summed E-state index contributed by atoms with van der Waals surface area (Å²) >= 11 is 0. The maximum Gasteiger partial charge on any atom is 0.339 e. The molecule has 2 rings (SSSR count). The van der Waals surface area contributed by atoms with Gasteiger partial charge in [0, 0.05) is 18.3 Å². The molecule has 18 heavy (non-hydrogen) atoms. The van der Waals surface area contributed by atoms with E-state index in [9.17, 15) is 4.79 Å². The second-order valence-electron chi connectivity index (χ2n) is 4.39. The van der Waals surface area contributed by atoms with Gasteiger partial charge in [-0.15, -0.1) is 0 Å². The Hall–Kier alpha value is -1.55. The van der Waals surface area contributed by atoms with Gasteiger partial charge in [0.1, 0.15) is 18.5 Å². The number of esters is 1. The predicted octanol–water partition coefficient (Wildman–Crippen LogP) is 2.13. The van der Waals surface area contributed by atoms with Crippen LogP contribution in [0.4, 0.5) is 0 Å². The molecule has 0 N–H and O–H groups in total. The van der Waals surface area contributed by atoms with Crippen molar-refractivity contribution in [3.8, 4) is 0 Å². The lowest BCUT2D eigenvalue weighted by Gasteiger charge is -2.26. The first-order chi connectivity index (χ1) is 8.63. The molecule has 4 heteroatoms. The number of rotatable bonds is 3. The average molecular weight is 250 g/mol. The number of allylic oxidation sites excluding steroid dienone is 1. The van der Waals surface area contributed by atoms with Crippen LogP contribution in [0, 0.1) is 0 Å². The van der Waals surface area contributed by atoms with Gasteiger partial charge in [-0.25, -0.2) is 4.79 Å². The van der Waals surface area contributed by atoms with Gasteiger partial charge in [-0.2, -0.15) is 0 Å². The van der Waals surface area contributed by atoms with Gasteiger partial charge in [0.25, 0.3) is 0 Å². The third-order valence-corrected chi connectivity index (χ3v) is 3.45. The van der Waals surface area contributed by atoms with Gasteiger partial charge >= 0.3 is 5.97 Å². The Morgan fingerprint density at radius 2 is 2.22 bits per heavy atom. The molecule has 0 aromatic rings. The van der Waals surface area contributed by atoms with Crippen molar-refractivity contribution in [2.24, 2.45) is 0 Å². The van der Waals surface area contributed by atoms with Gasteiger partial charge in [0.15, 0.2) is 0 Å². The molecule has 1 heterocycles. The highest BCUT2D eigenvalue weighted by molar-refractivity contribution is 5.98. The molecule has 1 atom stereocenters. The second kappa shape index (κ2) is 4.98. The lowest BCUT2D eigenvalue weighted by molar-refractivity contribution is -0.135. The van der Waals surface area contributed by atoms with Crippen molar-refractivity contribution in [2.75, 3.05) is 20.8 Å². The summed E-state index contributed by atoms with van der Waals surface area (Å²) in [5.41, 5.74) is 3.56. The number of methoxy groups -OCH3 is 2. The number of carbonyl (C=O) groups excluding carboxylic acids is 1. The number of hydrogen-bond donors (Lipinski definition) is 0. The van der Waals surface area contributed by atoms with Crippen LogP contribution in [-0.4, -0.2) is 32.9 Å². The second-order valence-corrected chi connectivity index (χ2v) is 4.39. The molecule has 0 amide bonds. The highest BCUT2D eigenvalue weighted by Gasteiger charge is 2.38. The average Bonchev–Trinajstić information content (AvgIpc) is 2.77. The Kier molecular flexibility index (Phi) is 3.57. The molecular formula is C14H18O4. The van der Waals surface area contributed by atoms with Crippen molar-refractivity contribution in [1.29, 1.82) is 0 Å². The molecule has 1 aliphatic heterocycles. The Balaban J connectivity index is 2.61. The number of cyclic esters (lactones) is 1. The van der Waals surface area contributed by atoms with E-state index in [4.69, 9.17) is 14.2 Å². The molecule has 1 aliphatic carbocycles. The summed E-state index contributed by atoms with van der Waals surface area (Å²) in [6.07, 6.45) is 2.39. The zero-order chi connectivity index (χ0) is 13.3. The first kappa shape index (κ1) is 12.9. The Morgan fingerprint density at radius 3 is 2.78 bits per heavy atom. The van der Waals surface area contributed by atoms with E-state index in [1.807, 2.05) is 13.0 Å². The summed E-state index contributed by atoms with van der Waals surface area (Å²) in [6.45, 7) is 4.38. The van der Waals surface area contributed by atoms with Crippen LogP contribution in [0.1, 0.15) is 20.3 Å². The third kappa shape index (κ3) is 1.86. The van der Waals surface area contributed by atoms with E-state index in [2.05, 4.69) is 6.92 Å². The number of hydrogen-bond acceptors (Lipinski definition) is 4. The van der Waals surface area contributed by atoms with Gasteiger partial charge in [-0.05, 0) is 19.4 Å². The summed E-state index contributed by atoms with van der Waals surface area (Å²) in [6, 6.07) is 0. The van der Waals surface area contributed by atoms with E-state index in [1.54, 1.807) is 14.2 Å². The van der Waals surface area contributed by atoms with Crippen molar-refractivity contribution >= 4 is 5.97 Å². The van der Waals surface area contributed by atoms with Gasteiger partial charge in [-0.3, -0.25) is 0 Å². The molecule has 0 aromatic heterocycles. The molecule has 0 spiro atoms. The highest BCUT2D eigenvalue weighted by atomic mass is 16.5. The van der Waals surface area contributed by atoms with E-state index in [-0.39, 0.29) is 12.1 Å². The fourth-order valence-electron chi connectivity index (χ4n) is 2.36. The minimum atomic E-state index is -0.320. The van der Waals surface area contributed by atoms with Gasteiger partial charge in [-0.1, -0.05) is 12.5 Å². The van der Waals surface area contributed by atoms with Crippen LogP contribution in [-0.2, 0) is 19.0 Å². The lowest BCUT2D eigenvalue weighted by Crippen LogP contribution is -2.26. The lowest BCUT2D eigenvalue weighted by atomic mass is 9.86. The SMILES string of the molecule is CC/C(C)=C1/C2=C(C=C(OC)C1OC)COC2=O. The molecule has 0 fully saturated rings. The molecule has 98 valence electrons. The molecule has 0 aromatic carbocycles. The van der Waals surface area contributed by atoms with Gasteiger partial charge < -0.3 is 14.2 Å². The molecule has 0 bridgehead atoms. The smallest absolute Gasteiger partial charge is 0.339 e. The van der Waals surface area contributed by atoms with Crippen molar-refractivity contribution in [1.82, 2.24) is 0 Å². The molecule has 0 saturated carbocycles. The normalized spacial score (nSPS) is 25.7. The summed E-state index contributed by atoms with van der Waals surface area (Å²) in [5.74, 6) is 0.457. The van der Waals surface area contributed by atoms with E-state index < -0.39 is 0 Å². The van der Waals surface area contributed by atoms with E-state index >= 15 is 0 Å². The van der Waals surface area contributed by atoms with Crippen LogP contribution in [0.15, 0.2) is 34.1 Å². The minimum Gasteiger partial charge on any atom is -0.498 e. The van der Waals surface area contributed by atoms with Crippen LogP contribution in [0.2, 0.25) is 0 Å². The van der Waals surface area contributed by atoms with E-state index in [0.29, 0.717) is 12.2 Å². The third-order valence-electron chi connectivity index (χ3n) is 3.45. The van der Waals surface area contributed by atoms with Crippen LogP contribution >= 0.6 is 0 Å².